The van der Waals surface area contributed by atoms with Crippen molar-refractivity contribution in [1.82, 2.24) is 4.90 Å². The molecule has 15 heavy (non-hydrogen) atoms. The molecule has 0 radical (unpaired) electrons. The first-order valence-corrected chi connectivity index (χ1v) is 5.64. The quantitative estimate of drug-likeness (QED) is 0.764. The van der Waals surface area contributed by atoms with Crippen LogP contribution in [0, 0.1) is 5.92 Å². The number of ether oxygens (including phenoxy) is 1. The average molecular weight is 209 g/mol. The van der Waals surface area contributed by atoms with E-state index in [0.29, 0.717) is 12.0 Å². The lowest BCUT2D eigenvalue weighted by Crippen LogP contribution is -2.40. The summed E-state index contributed by atoms with van der Waals surface area (Å²) in [6.45, 7) is 8.16. The van der Waals surface area contributed by atoms with Crippen molar-refractivity contribution in [2.45, 2.75) is 19.9 Å². The van der Waals surface area contributed by atoms with Gasteiger partial charge in [0.1, 0.15) is 5.76 Å². The van der Waals surface area contributed by atoms with Gasteiger partial charge in [0.15, 0.2) is 0 Å². The number of morpholine rings is 1. The first-order valence-electron chi connectivity index (χ1n) is 5.64. The fourth-order valence-electron chi connectivity index (χ4n) is 2.25. The van der Waals surface area contributed by atoms with Gasteiger partial charge in [-0.1, -0.05) is 13.8 Å². The second-order valence-electron chi connectivity index (χ2n) is 4.35. The van der Waals surface area contributed by atoms with E-state index in [2.05, 4.69) is 24.8 Å². The van der Waals surface area contributed by atoms with Crippen molar-refractivity contribution in [1.29, 1.82) is 0 Å². The Bertz CT molecular complexity index is 276. The Morgan fingerprint density at radius 3 is 2.53 bits per heavy atom. The summed E-state index contributed by atoms with van der Waals surface area (Å²) in [6, 6.07) is 4.43. The van der Waals surface area contributed by atoms with Crippen molar-refractivity contribution in [3.63, 3.8) is 0 Å². The van der Waals surface area contributed by atoms with Gasteiger partial charge in [-0.3, -0.25) is 4.90 Å². The topological polar surface area (TPSA) is 25.6 Å². The number of rotatable bonds is 3. The molecule has 3 nitrogen and oxygen atoms in total. The summed E-state index contributed by atoms with van der Waals surface area (Å²) in [7, 11) is 0. The largest absolute Gasteiger partial charge is 0.468 e. The van der Waals surface area contributed by atoms with Gasteiger partial charge in [0, 0.05) is 13.1 Å². The minimum atomic E-state index is 0.392. The third kappa shape index (κ3) is 2.41. The lowest BCUT2D eigenvalue weighted by molar-refractivity contribution is 0.000280. The Hall–Kier alpha value is -0.800. The molecule has 1 atom stereocenters. The Morgan fingerprint density at radius 2 is 2.00 bits per heavy atom. The molecule has 1 fully saturated rings. The summed E-state index contributed by atoms with van der Waals surface area (Å²) in [6.07, 6.45) is 1.76. The molecular weight excluding hydrogens is 190 g/mol. The molecule has 1 aliphatic heterocycles. The van der Waals surface area contributed by atoms with E-state index in [4.69, 9.17) is 9.15 Å². The van der Waals surface area contributed by atoms with E-state index in [1.807, 2.05) is 6.07 Å². The number of nitrogens with zero attached hydrogens (tertiary/aromatic N) is 1. The fraction of sp³-hybridized carbons (Fsp3) is 0.667. The van der Waals surface area contributed by atoms with E-state index >= 15 is 0 Å². The van der Waals surface area contributed by atoms with Crippen molar-refractivity contribution in [2.24, 2.45) is 5.92 Å². The summed E-state index contributed by atoms with van der Waals surface area (Å²) in [5, 5.41) is 0. The van der Waals surface area contributed by atoms with Gasteiger partial charge in [-0.15, -0.1) is 0 Å². The Labute approximate surface area is 91.0 Å². The molecule has 1 saturated heterocycles. The molecule has 2 heterocycles. The number of hydrogen-bond donors (Lipinski definition) is 0. The monoisotopic (exact) mass is 209 g/mol. The van der Waals surface area contributed by atoms with Crippen LogP contribution in [0.2, 0.25) is 0 Å². The van der Waals surface area contributed by atoms with E-state index in [9.17, 15) is 0 Å². The predicted octanol–water partition coefficient (Wildman–Crippen LogP) is 2.31. The molecule has 1 aliphatic rings. The van der Waals surface area contributed by atoms with Crippen LogP contribution < -0.4 is 0 Å². The Kier molecular flexibility index (Phi) is 3.44. The maximum Gasteiger partial charge on any atom is 0.121 e. The minimum absolute atomic E-state index is 0.392. The second kappa shape index (κ2) is 4.81. The van der Waals surface area contributed by atoms with E-state index in [1.165, 1.54) is 0 Å². The first kappa shape index (κ1) is 10.7. The number of hydrogen-bond acceptors (Lipinski definition) is 3. The normalized spacial score (nSPS) is 20.7. The van der Waals surface area contributed by atoms with Crippen LogP contribution in [0.1, 0.15) is 25.6 Å². The Balaban J connectivity index is 2.12. The highest BCUT2D eigenvalue weighted by Crippen LogP contribution is 2.29. The Morgan fingerprint density at radius 1 is 1.27 bits per heavy atom. The molecule has 0 spiro atoms. The second-order valence-corrected chi connectivity index (χ2v) is 4.35. The lowest BCUT2D eigenvalue weighted by atomic mass is 9.99. The molecule has 0 aromatic carbocycles. The molecule has 2 rings (SSSR count). The van der Waals surface area contributed by atoms with Crippen LogP contribution >= 0.6 is 0 Å². The highest BCUT2D eigenvalue weighted by molar-refractivity contribution is 5.06. The van der Waals surface area contributed by atoms with Gasteiger partial charge in [-0.25, -0.2) is 0 Å². The van der Waals surface area contributed by atoms with E-state index < -0.39 is 0 Å². The maximum atomic E-state index is 5.53. The summed E-state index contributed by atoms with van der Waals surface area (Å²) in [5.74, 6) is 1.64. The maximum absolute atomic E-state index is 5.53. The molecule has 3 heteroatoms. The molecule has 0 saturated carbocycles. The SMILES string of the molecule is CC(C)[C@@H](c1ccco1)N1CCOCC1. The van der Waals surface area contributed by atoms with E-state index in [1.54, 1.807) is 6.26 Å². The van der Waals surface area contributed by atoms with Crippen molar-refractivity contribution < 1.29 is 9.15 Å². The van der Waals surface area contributed by atoms with Crippen LogP contribution in [0.25, 0.3) is 0 Å². The van der Waals surface area contributed by atoms with Gasteiger partial charge in [0.25, 0.3) is 0 Å². The van der Waals surface area contributed by atoms with Crippen LogP contribution in [0.15, 0.2) is 22.8 Å². The van der Waals surface area contributed by atoms with Crippen LogP contribution in [0.5, 0.6) is 0 Å². The zero-order valence-electron chi connectivity index (χ0n) is 9.48. The molecule has 0 aliphatic carbocycles. The van der Waals surface area contributed by atoms with E-state index in [0.717, 1.165) is 32.1 Å². The molecule has 84 valence electrons. The van der Waals surface area contributed by atoms with Gasteiger partial charge in [-0.05, 0) is 18.1 Å². The summed E-state index contributed by atoms with van der Waals surface area (Å²) in [5.41, 5.74) is 0. The highest BCUT2D eigenvalue weighted by atomic mass is 16.5. The van der Waals surface area contributed by atoms with Crippen molar-refractivity contribution in [2.75, 3.05) is 26.3 Å². The van der Waals surface area contributed by atoms with Crippen molar-refractivity contribution >= 4 is 0 Å². The van der Waals surface area contributed by atoms with Crippen molar-refractivity contribution in [3.05, 3.63) is 24.2 Å². The lowest BCUT2D eigenvalue weighted by Gasteiger charge is -2.35. The standard InChI is InChI=1S/C12H19NO2/c1-10(2)12(11-4-3-7-15-11)13-5-8-14-9-6-13/h3-4,7,10,12H,5-6,8-9H2,1-2H3/t12-/m0/s1. The summed E-state index contributed by atoms with van der Waals surface area (Å²) >= 11 is 0. The van der Waals surface area contributed by atoms with Gasteiger partial charge in [0.2, 0.25) is 0 Å². The molecule has 0 unspecified atom stereocenters. The van der Waals surface area contributed by atoms with Crippen LogP contribution in [0.4, 0.5) is 0 Å². The van der Waals surface area contributed by atoms with Gasteiger partial charge >= 0.3 is 0 Å². The molecule has 1 aromatic rings. The zero-order valence-corrected chi connectivity index (χ0v) is 9.48. The van der Waals surface area contributed by atoms with Gasteiger partial charge in [-0.2, -0.15) is 0 Å². The van der Waals surface area contributed by atoms with Gasteiger partial charge in [0.05, 0.1) is 25.5 Å². The van der Waals surface area contributed by atoms with Crippen LogP contribution in [-0.2, 0) is 4.74 Å². The smallest absolute Gasteiger partial charge is 0.121 e. The average Bonchev–Trinajstić information content (AvgIpc) is 2.72. The third-order valence-electron chi connectivity index (χ3n) is 2.91. The molecule has 1 aromatic heterocycles. The third-order valence-corrected chi connectivity index (χ3v) is 2.91. The van der Waals surface area contributed by atoms with E-state index in [-0.39, 0.29) is 0 Å². The van der Waals surface area contributed by atoms with Crippen molar-refractivity contribution in [3.8, 4) is 0 Å². The number of furan rings is 1. The highest BCUT2D eigenvalue weighted by Gasteiger charge is 2.27. The molecular formula is C12H19NO2. The zero-order chi connectivity index (χ0) is 10.7. The fourth-order valence-corrected chi connectivity index (χ4v) is 2.25. The first-order chi connectivity index (χ1) is 7.29. The predicted molar refractivity (Wildman–Crippen MR) is 58.7 cm³/mol. The van der Waals surface area contributed by atoms with Crippen LogP contribution in [-0.4, -0.2) is 31.2 Å². The summed E-state index contributed by atoms with van der Waals surface area (Å²) < 4.78 is 10.9. The molecule has 0 N–H and O–H groups in total. The van der Waals surface area contributed by atoms with Gasteiger partial charge < -0.3 is 9.15 Å². The molecule has 0 bridgehead atoms. The van der Waals surface area contributed by atoms with Crippen LogP contribution in [0.3, 0.4) is 0 Å². The molecule has 0 amide bonds. The summed E-state index contributed by atoms with van der Waals surface area (Å²) in [4.78, 5) is 2.45. The minimum Gasteiger partial charge on any atom is -0.468 e.